The molecule has 0 aliphatic rings. The maximum absolute atomic E-state index is 13.6. The molecule has 0 bridgehead atoms. The van der Waals surface area contributed by atoms with Crippen LogP contribution in [-0.4, -0.2) is 53.8 Å². The number of benzene rings is 3. The molecule has 0 saturated carbocycles. The van der Waals surface area contributed by atoms with Crippen molar-refractivity contribution in [2.24, 2.45) is 5.73 Å². The molecular weight excluding hydrogens is 446 g/mol. The quantitative estimate of drug-likeness (QED) is 0.389. The Labute approximate surface area is 215 Å². The first-order valence-electron chi connectivity index (χ1n) is 12.6. The van der Waals surface area contributed by atoms with E-state index in [1.807, 2.05) is 57.3 Å². The normalized spacial score (nSPS) is 12.6. The molecule has 3 aromatic rings. The molecule has 5 nitrogen and oxygen atoms in total. The molecule has 3 aromatic carbocycles. The predicted molar refractivity (Wildman–Crippen MR) is 149 cm³/mol. The van der Waals surface area contributed by atoms with E-state index in [1.54, 1.807) is 22.9 Å². The summed E-state index contributed by atoms with van der Waals surface area (Å²) in [6.45, 7) is 4.46. The van der Waals surface area contributed by atoms with Crippen molar-refractivity contribution >= 4 is 22.6 Å². The second-order valence-electron chi connectivity index (χ2n) is 10.3. The Morgan fingerprint density at radius 1 is 0.917 bits per heavy atom. The van der Waals surface area contributed by atoms with Crippen molar-refractivity contribution in [3.8, 4) is 0 Å². The zero-order chi connectivity index (χ0) is 26.1. The molecule has 0 fully saturated rings. The highest BCUT2D eigenvalue weighted by atomic mass is 16.2. The Kier molecular flexibility index (Phi) is 9.43. The first-order chi connectivity index (χ1) is 17.1. The highest BCUT2D eigenvalue weighted by Crippen LogP contribution is 2.19. The average molecular weight is 486 g/mol. The third-order valence-electron chi connectivity index (χ3n) is 6.43. The first-order valence-corrected chi connectivity index (χ1v) is 12.6. The third-order valence-corrected chi connectivity index (χ3v) is 6.43. The number of hydrogen-bond donors (Lipinski definition) is 1. The Morgan fingerprint density at radius 2 is 1.58 bits per heavy atom. The average Bonchev–Trinajstić information content (AvgIpc) is 2.86. The van der Waals surface area contributed by atoms with Crippen LogP contribution in [0.4, 0.5) is 0 Å². The summed E-state index contributed by atoms with van der Waals surface area (Å²) in [6, 6.07) is 24.1. The molecule has 0 aliphatic carbocycles. The van der Waals surface area contributed by atoms with E-state index in [0.29, 0.717) is 19.4 Å². The lowest BCUT2D eigenvalue weighted by Crippen LogP contribution is -2.49. The summed E-state index contributed by atoms with van der Waals surface area (Å²) in [5.74, 6) is -0.254. The lowest BCUT2D eigenvalue weighted by molar-refractivity contribution is -0.141. The number of nitrogens with zero attached hydrogens (tertiary/aromatic N) is 2. The second-order valence-corrected chi connectivity index (χ2v) is 10.3. The van der Waals surface area contributed by atoms with Gasteiger partial charge < -0.3 is 15.5 Å². The van der Waals surface area contributed by atoms with Crippen LogP contribution >= 0.6 is 0 Å². The van der Waals surface area contributed by atoms with Crippen LogP contribution in [0, 0.1) is 0 Å². The summed E-state index contributed by atoms with van der Waals surface area (Å²) in [7, 11) is 3.54. The molecular formula is C31H39N3O2. The van der Waals surface area contributed by atoms with Crippen molar-refractivity contribution in [3.05, 3.63) is 96.1 Å². The van der Waals surface area contributed by atoms with Crippen LogP contribution in [0.25, 0.3) is 10.8 Å². The van der Waals surface area contributed by atoms with Crippen molar-refractivity contribution in [2.75, 3.05) is 20.6 Å². The Hall–Kier alpha value is -3.44. The van der Waals surface area contributed by atoms with Gasteiger partial charge in [0.25, 0.3) is 0 Å². The van der Waals surface area contributed by atoms with E-state index in [9.17, 15) is 9.59 Å². The SMILES string of the molecule is CN(CCCc1ccccc1)C(=O)[C@@H](Cc1ccc2ccccc2c1)N(C)C(=O)/C=C/CC(C)(C)N. The van der Waals surface area contributed by atoms with Crippen LogP contribution in [0.3, 0.4) is 0 Å². The van der Waals surface area contributed by atoms with Crippen molar-refractivity contribution in [1.82, 2.24) is 9.80 Å². The zero-order valence-electron chi connectivity index (χ0n) is 22.0. The van der Waals surface area contributed by atoms with Gasteiger partial charge in [0.15, 0.2) is 0 Å². The Morgan fingerprint density at radius 3 is 2.28 bits per heavy atom. The van der Waals surface area contributed by atoms with E-state index >= 15 is 0 Å². The van der Waals surface area contributed by atoms with Crippen LogP contribution in [0.5, 0.6) is 0 Å². The smallest absolute Gasteiger partial charge is 0.246 e. The van der Waals surface area contributed by atoms with Crippen LogP contribution in [-0.2, 0) is 22.4 Å². The van der Waals surface area contributed by atoms with Crippen LogP contribution in [0.2, 0.25) is 0 Å². The monoisotopic (exact) mass is 485 g/mol. The molecule has 2 N–H and O–H groups in total. The predicted octanol–water partition coefficient (Wildman–Crippen LogP) is 4.98. The summed E-state index contributed by atoms with van der Waals surface area (Å²) in [5.41, 5.74) is 7.93. The molecule has 0 spiro atoms. The third kappa shape index (κ3) is 8.06. The number of nitrogens with two attached hydrogens (primary N) is 1. The molecule has 5 heteroatoms. The van der Waals surface area contributed by atoms with Gasteiger partial charge in [-0.3, -0.25) is 9.59 Å². The maximum atomic E-state index is 13.6. The number of carbonyl (C=O) groups excluding carboxylic acids is 2. The van der Waals surface area contributed by atoms with Gasteiger partial charge in [-0.2, -0.15) is 0 Å². The van der Waals surface area contributed by atoms with Gasteiger partial charge in [0.2, 0.25) is 11.8 Å². The van der Waals surface area contributed by atoms with Gasteiger partial charge in [0.05, 0.1) is 0 Å². The van der Waals surface area contributed by atoms with E-state index in [-0.39, 0.29) is 11.8 Å². The van der Waals surface area contributed by atoms with Crippen molar-refractivity contribution in [2.45, 2.75) is 51.1 Å². The minimum absolute atomic E-state index is 0.0559. The summed E-state index contributed by atoms with van der Waals surface area (Å²) in [6.07, 6.45) is 6.11. The highest BCUT2D eigenvalue weighted by molar-refractivity contribution is 5.93. The highest BCUT2D eigenvalue weighted by Gasteiger charge is 2.29. The lowest BCUT2D eigenvalue weighted by Gasteiger charge is -2.30. The first kappa shape index (κ1) is 27.2. The molecule has 1 atom stereocenters. The molecule has 0 saturated heterocycles. The van der Waals surface area contributed by atoms with Crippen LogP contribution in [0.15, 0.2) is 84.9 Å². The number of aryl methyl sites for hydroxylation is 1. The topological polar surface area (TPSA) is 66.6 Å². The van der Waals surface area contributed by atoms with Crippen LogP contribution < -0.4 is 5.73 Å². The van der Waals surface area contributed by atoms with Gasteiger partial charge in [0.1, 0.15) is 6.04 Å². The molecule has 0 unspecified atom stereocenters. The van der Waals surface area contributed by atoms with E-state index in [4.69, 9.17) is 5.73 Å². The van der Waals surface area contributed by atoms with Gasteiger partial charge in [-0.25, -0.2) is 0 Å². The summed E-state index contributed by atoms with van der Waals surface area (Å²) >= 11 is 0. The van der Waals surface area contributed by atoms with Crippen molar-refractivity contribution in [3.63, 3.8) is 0 Å². The molecule has 0 heterocycles. The molecule has 36 heavy (non-hydrogen) atoms. The Balaban J connectivity index is 1.75. The molecule has 0 aromatic heterocycles. The van der Waals surface area contributed by atoms with Gasteiger partial charge >= 0.3 is 0 Å². The minimum atomic E-state index is -0.601. The van der Waals surface area contributed by atoms with E-state index in [2.05, 4.69) is 36.4 Å². The number of likely N-dealkylation sites (N-methyl/N-ethyl adjacent to an activating group) is 2. The number of rotatable bonds is 11. The number of carbonyl (C=O) groups is 2. The minimum Gasteiger partial charge on any atom is -0.344 e. The van der Waals surface area contributed by atoms with E-state index in [1.165, 1.54) is 11.6 Å². The van der Waals surface area contributed by atoms with Crippen molar-refractivity contribution < 1.29 is 9.59 Å². The lowest BCUT2D eigenvalue weighted by atomic mass is 9.99. The van der Waals surface area contributed by atoms with E-state index < -0.39 is 11.6 Å². The van der Waals surface area contributed by atoms with Gasteiger partial charge in [-0.05, 0) is 61.1 Å². The van der Waals surface area contributed by atoms with E-state index in [0.717, 1.165) is 29.2 Å². The molecule has 3 rings (SSSR count). The summed E-state index contributed by atoms with van der Waals surface area (Å²) in [5, 5.41) is 2.27. The fraction of sp³-hybridized carbons (Fsp3) is 0.355. The Bertz CT molecular complexity index is 1180. The van der Waals surface area contributed by atoms with Gasteiger partial charge in [-0.1, -0.05) is 78.9 Å². The molecule has 190 valence electrons. The fourth-order valence-corrected chi connectivity index (χ4v) is 4.24. The molecule has 2 amide bonds. The second kappa shape index (κ2) is 12.5. The summed E-state index contributed by atoms with van der Waals surface area (Å²) < 4.78 is 0. The number of fused-ring (bicyclic) bond motifs is 1. The number of amides is 2. The van der Waals surface area contributed by atoms with Gasteiger partial charge in [0, 0.05) is 32.6 Å². The zero-order valence-corrected chi connectivity index (χ0v) is 22.0. The van der Waals surface area contributed by atoms with Crippen LogP contribution in [0.1, 0.15) is 37.8 Å². The molecule has 0 radical (unpaired) electrons. The fourth-order valence-electron chi connectivity index (χ4n) is 4.24. The standard InChI is InChI=1S/C31H39N3O2/c1-31(2,32)20-10-17-29(35)34(4)28(23-25-18-19-26-15-8-9-16-27(26)22-25)30(36)33(3)21-11-14-24-12-6-5-7-13-24/h5-10,12-13,15-19,22,28H,11,14,20-21,23,32H2,1-4H3/b17-10+/t28-/m1/s1. The largest absolute Gasteiger partial charge is 0.344 e. The van der Waals surface area contributed by atoms with Crippen molar-refractivity contribution in [1.29, 1.82) is 0 Å². The van der Waals surface area contributed by atoms with Gasteiger partial charge in [-0.15, -0.1) is 0 Å². The summed E-state index contributed by atoms with van der Waals surface area (Å²) in [4.78, 5) is 30.0. The maximum Gasteiger partial charge on any atom is 0.246 e. The molecule has 0 aliphatic heterocycles. The number of hydrogen-bond acceptors (Lipinski definition) is 3.